The summed E-state index contributed by atoms with van der Waals surface area (Å²) in [5, 5.41) is 13.8. The van der Waals surface area contributed by atoms with Gasteiger partial charge in [0.1, 0.15) is 11.5 Å². The Morgan fingerprint density at radius 3 is 2.55 bits per heavy atom. The lowest BCUT2D eigenvalue weighted by Gasteiger charge is -2.04. The molecule has 0 atom stereocenters. The van der Waals surface area contributed by atoms with Crippen molar-refractivity contribution < 1.29 is 0 Å². The molecule has 148 valence electrons. The lowest BCUT2D eigenvalue weighted by atomic mass is 10.3. The van der Waals surface area contributed by atoms with Gasteiger partial charge in [0.15, 0.2) is 5.82 Å². The molecule has 4 aromatic heterocycles. The third-order valence-corrected chi connectivity index (χ3v) is 5.22. The Morgan fingerprint density at radius 2 is 1.93 bits per heavy atom. The number of aromatic nitrogens is 8. The summed E-state index contributed by atoms with van der Waals surface area (Å²) in [7, 11) is 1.93. The van der Waals surface area contributed by atoms with E-state index in [2.05, 4.69) is 21.2 Å². The van der Waals surface area contributed by atoms with Crippen molar-refractivity contribution in [2.45, 2.75) is 39.7 Å². The van der Waals surface area contributed by atoms with Gasteiger partial charge in [-0.3, -0.25) is 9.67 Å². The average molecular weight is 388 g/mol. The summed E-state index contributed by atoms with van der Waals surface area (Å²) in [6.07, 6.45) is 7.00. The Bertz CT molecular complexity index is 1140. The topological polar surface area (TPSA) is 79.2 Å². The molecule has 1 aliphatic rings. The molecule has 0 saturated heterocycles. The Hall–Kier alpha value is -3.29. The normalized spacial score (nSPS) is 13.9. The van der Waals surface area contributed by atoms with Crippen molar-refractivity contribution in [1.29, 1.82) is 0 Å². The van der Waals surface area contributed by atoms with Gasteiger partial charge >= 0.3 is 0 Å². The van der Waals surface area contributed by atoms with Gasteiger partial charge in [0.05, 0.1) is 29.7 Å². The van der Waals surface area contributed by atoms with Crippen molar-refractivity contribution in [3.8, 4) is 17.2 Å². The molecule has 4 heterocycles. The van der Waals surface area contributed by atoms with Gasteiger partial charge in [-0.1, -0.05) is 0 Å². The van der Waals surface area contributed by atoms with Crippen LogP contribution in [0.1, 0.15) is 35.7 Å². The largest absolute Gasteiger partial charge is 0.276 e. The van der Waals surface area contributed by atoms with E-state index >= 15 is 0 Å². The zero-order valence-corrected chi connectivity index (χ0v) is 16.9. The third-order valence-electron chi connectivity index (χ3n) is 5.22. The molecule has 8 heteroatoms. The molecule has 0 spiro atoms. The Labute approximate surface area is 169 Å². The van der Waals surface area contributed by atoms with Crippen molar-refractivity contribution >= 4 is 0 Å². The highest BCUT2D eigenvalue weighted by molar-refractivity contribution is 5.50. The van der Waals surface area contributed by atoms with Crippen LogP contribution >= 0.6 is 0 Å². The van der Waals surface area contributed by atoms with Gasteiger partial charge in [0.25, 0.3) is 0 Å². The summed E-state index contributed by atoms with van der Waals surface area (Å²) in [5.41, 5.74) is 4.78. The zero-order valence-electron chi connectivity index (χ0n) is 16.9. The van der Waals surface area contributed by atoms with Crippen LogP contribution in [0.4, 0.5) is 0 Å². The number of hydrogen-bond acceptors (Lipinski definition) is 5. The second kappa shape index (κ2) is 6.95. The lowest BCUT2D eigenvalue weighted by molar-refractivity contribution is 0.540. The first-order chi connectivity index (χ1) is 14.0. The Morgan fingerprint density at radius 1 is 1.07 bits per heavy atom. The average Bonchev–Trinajstić information content (AvgIpc) is 3.13. The van der Waals surface area contributed by atoms with Crippen LogP contribution in [0.5, 0.6) is 0 Å². The Balaban J connectivity index is 1.44. The van der Waals surface area contributed by atoms with E-state index in [9.17, 15) is 0 Å². The molecule has 8 nitrogen and oxygen atoms in total. The fraction of sp³-hybridized carbons (Fsp3) is 0.381. The van der Waals surface area contributed by atoms with Gasteiger partial charge in [0, 0.05) is 25.5 Å². The van der Waals surface area contributed by atoms with E-state index in [0.29, 0.717) is 18.2 Å². The predicted octanol–water partition coefficient (Wildman–Crippen LogP) is 2.88. The standard InChI is InChI=1S/C21H24N8/c1-14-10-15(2)29(24-14)18-6-7-19(22-12-18)21-23-20(11-17-8-9-27(3)25-17)28(26-21)13-16-4-5-16/h6-10,12,16H,4-5,11,13H2,1-3H3. The molecule has 0 radical (unpaired) electrons. The maximum Gasteiger partial charge on any atom is 0.200 e. The summed E-state index contributed by atoms with van der Waals surface area (Å²) in [6.45, 7) is 4.95. The van der Waals surface area contributed by atoms with E-state index in [1.54, 1.807) is 0 Å². The van der Waals surface area contributed by atoms with Crippen molar-refractivity contribution in [3.05, 3.63) is 59.6 Å². The molecule has 0 N–H and O–H groups in total. The molecular formula is C21H24N8. The van der Waals surface area contributed by atoms with Crippen molar-refractivity contribution in [1.82, 2.24) is 39.3 Å². The zero-order chi connectivity index (χ0) is 20.0. The highest BCUT2D eigenvalue weighted by Crippen LogP contribution is 2.31. The fourth-order valence-corrected chi connectivity index (χ4v) is 3.56. The molecule has 1 fully saturated rings. The molecule has 0 aromatic carbocycles. The molecule has 4 aromatic rings. The van der Waals surface area contributed by atoms with E-state index < -0.39 is 0 Å². The van der Waals surface area contributed by atoms with Gasteiger partial charge in [-0.25, -0.2) is 14.3 Å². The maximum atomic E-state index is 4.81. The lowest BCUT2D eigenvalue weighted by Crippen LogP contribution is -2.08. The van der Waals surface area contributed by atoms with Gasteiger partial charge in [0.2, 0.25) is 0 Å². The fourth-order valence-electron chi connectivity index (χ4n) is 3.56. The number of rotatable bonds is 6. The highest BCUT2D eigenvalue weighted by Gasteiger charge is 2.25. The van der Waals surface area contributed by atoms with Crippen LogP contribution in [-0.4, -0.2) is 39.3 Å². The van der Waals surface area contributed by atoms with Crippen LogP contribution in [0.15, 0.2) is 36.7 Å². The third kappa shape index (κ3) is 3.70. The van der Waals surface area contributed by atoms with Crippen LogP contribution in [-0.2, 0) is 20.0 Å². The molecule has 5 rings (SSSR count). The van der Waals surface area contributed by atoms with Crippen LogP contribution in [0.25, 0.3) is 17.2 Å². The molecule has 1 aliphatic carbocycles. The molecule has 0 bridgehead atoms. The molecule has 0 aliphatic heterocycles. The maximum absolute atomic E-state index is 4.81. The first kappa shape index (κ1) is 17.8. The molecule has 0 unspecified atom stereocenters. The Kier molecular flexibility index (Phi) is 4.26. The monoisotopic (exact) mass is 388 g/mol. The van der Waals surface area contributed by atoms with Crippen LogP contribution < -0.4 is 0 Å². The van der Waals surface area contributed by atoms with Crippen molar-refractivity contribution in [3.63, 3.8) is 0 Å². The van der Waals surface area contributed by atoms with Gasteiger partial charge < -0.3 is 0 Å². The molecule has 29 heavy (non-hydrogen) atoms. The van der Waals surface area contributed by atoms with Gasteiger partial charge in [-0.2, -0.15) is 10.2 Å². The molecule has 1 saturated carbocycles. The van der Waals surface area contributed by atoms with Crippen molar-refractivity contribution in [2.75, 3.05) is 0 Å². The van der Waals surface area contributed by atoms with Gasteiger partial charge in [-0.05, 0) is 56.9 Å². The summed E-state index contributed by atoms with van der Waals surface area (Å²) in [5.74, 6) is 2.32. The van der Waals surface area contributed by atoms with E-state index in [4.69, 9.17) is 10.1 Å². The van der Waals surface area contributed by atoms with E-state index in [1.165, 1.54) is 12.8 Å². The predicted molar refractivity (Wildman–Crippen MR) is 109 cm³/mol. The number of nitrogens with zero attached hydrogens (tertiary/aromatic N) is 8. The summed E-state index contributed by atoms with van der Waals surface area (Å²) >= 11 is 0. The quantitative estimate of drug-likeness (QED) is 0.507. The minimum atomic E-state index is 0.663. The second-order valence-corrected chi connectivity index (χ2v) is 7.88. The number of hydrogen-bond donors (Lipinski definition) is 0. The van der Waals surface area contributed by atoms with Crippen LogP contribution in [0.3, 0.4) is 0 Å². The van der Waals surface area contributed by atoms with Gasteiger partial charge in [-0.15, -0.1) is 5.10 Å². The smallest absolute Gasteiger partial charge is 0.200 e. The first-order valence-corrected chi connectivity index (χ1v) is 9.97. The van der Waals surface area contributed by atoms with E-state index in [0.717, 1.165) is 40.8 Å². The summed E-state index contributed by atoms with van der Waals surface area (Å²) in [6, 6.07) is 8.06. The second-order valence-electron chi connectivity index (χ2n) is 7.88. The van der Waals surface area contributed by atoms with E-state index in [1.807, 2.05) is 65.5 Å². The first-order valence-electron chi connectivity index (χ1n) is 9.97. The number of pyridine rings is 1. The van der Waals surface area contributed by atoms with E-state index in [-0.39, 0.29) is 0 Å². The summed E-state index contributed by atoms with van der Waals surface area (Å²) < 4.78 is 5.76. The SMILES string of the molecule is Cc1cc(C)n(-c2ccc(-c3nc(Cc4ccn(C)n4)n(CC4CC4)n3)nc2)n1. The van der Waals surface area contributed by atoms with Crippen molar-refractivity contribution in [2.24, 2.45) is 13.0 Å². The highest BCUT2D eigenvalue weighted by atomic mass is 15.4. The van der Waals surface area contributed by atoms with Crippen LogP contribution in [0.2, 0.25) is 0 Å². The summed E-state index contributed by atoms with van der Waals surface area (Å²) in [4.78, 5) is 9.42. The number of aryl methyl sites for hydroxylation is 3. The minimum Gasteiger partial charge on any atom is -0.276 e. The van der Waals surface area contributed by atoms with Crippen LogP contribution in [0, 0.1) is 19.8 Å². The molecular weight excluding hydrogens is 364 g/mol. The molecule has 0 amide bonds. The minimum absolute atomic E-state index is 0.663.